The second-order valence-electron chi connectivity index (χ2n) is 14.0. The molecule has 3 heterocycles. The van der Waals surface area contributed by atoms with Crippen molar-refractivity contribution in [2.24, 2.45) is 0 Å². The molecular weight excluding hydrogens is 587 g/mol. The van der Waals surface area contributed by atoms with Crippen LogP contribution in [0.1, 0.15) is 63.9 Å². The Kier molecular flexibility index (Phi) is 9.70. The Bertz CT molecular complexity index is 1540. The number of nitrogens with zero attached hydrogens (tertiary/aromatic N) is 4. The van der Waals surface area contributed by atoms with Gasteiger partial charge in [0.1, 0.15) is 18.0 Å². The molecule has 1 saturated heterocycles. The molecule has 1 N–H and O–H groups in total. The Morgan fingerprint density at radius 1 is 1.04 bits per heavy atom. The average Bonchev–Trinajstić information content (AvgIpc) is 3.26. The van der Waals surface area contributed by atoms with E-state index in [0.717, 1.165) is 28.1 Å². The largest absolute Gasteiger partial charge is 0.473 e. The number of aliphatic hydroxyl groups excluding tert-OH is 1. The Morgan fingerprint density at radius 3 is 2.39 bits per heavy atom. The molecule has 0 bridgehead atoms. The number of ether oxygens (including phenoxy) is 2. The van der Waals surface area contributed by atoms with Gasteiger partial charge in [-0.2, -0.15) is 0 Å². The van der Waals surface area contributed by atoms with Gasteiger partial charge in [-0.25, -0.2) is 14.2 Å². The second kappa shape index (κ2) is 13.4. The van der Waals surface area contributed by atoms with Crippen LogP contribution in [0.2, 0.25) is 0 Å². The number of benzene rings is 2. The van der Waals surface area contributed by atoms with E-state index in [-0.39, 0.29) is 37.5 Å². The van der Waals surface area contributed by atoms with Gasteiger partial charge in [-0.1, -0.05) is 56.3 Å². The van der Waals surface area contributed by atoms with Crippen molar-refractivity contribution in [2.75, 3.05) is 37.7 Å². The van der Waals surface area contributed by atoms with E-state index in [1.54, 1.807) is 21.9 Å². The number of hydrogen-bond donors (Lipinski definition) is 1. The summed E-state index contributed by atoms with van der Waals surface area (Å²) in [4.78, 5) is 37.3. The molecule has 0 saturated carbocycles. The van der Waals surface area contributed by atoms with Gasteiger partial charge in [-0.05, 0) is 57.0 Å². The van der Waals surface area contributed by atoms with Crippen LogP contribution in [0.15, 0.2) is 60.7 Å². The summed E-state index contributed by atoms with van der Waals surface area (Å²) in [5.74, 6) is 0.0646. The maximum absolute atomic E-state index is 14.0. The number of anilines is 1. The summed E-state index contributed by atoms with van der Waals surface area (Å²) < 4.78 is 25.6. The molecule has 9 nitrogen and oxygen atoms in total. The maximum Gasteiger partial charge on any atom is 0.410 e. The highest BCUT2D eigenvalue weighted by molar-refractivity contribution is 5.97. The monoisotopic (exact) mass is 632 g/mol. The second-order valence-corrected chi connectivity index (χ2v) is 14.0. The molecule has 10 heteroatoms. The number of halogens is 1. The van der Waals surface area contributed by atoms with Crippen LogP contribution in [-0.2, 0) is 28.0 Å². The summed E-state index contributed by atoms with van der Waals surface area (Å²) in [6, 6.07) is 17.6. The van der Waals surface area contributed by atoms with Crippen molar-refractivity contribution in [1.82, 2.24) is 14.8 Å². The van der Waals surface area contributed by atoms with Crippen LogP contribution in [0.4, 0.5) is 14.9 Å². The summed E-state index contributed by atoms with van der Waals surface area (Å²) in [6.07, 6.45) is 0.0221. The fourth-order valence-electron chi connectivity index (χ4n) is 6.12. The summed E-state index contributed by atoms with van der Waals surface area (Å²) in [5, 5.41) is 10.3. The Balaban J connectivity index is 1.40. The van der Waals surface area contributed by atoms with Crippen LogP contribution >= 0.6 is 0 Å². The van der Waals surface area contributed by atoms with Crippen molar-refractivity contribution in [1.29, 1.82) is 0 Å². The molecular formula is C36H45FN4O5. The number of aromatic nitrogens is 1. The van der Waals surface area contributed by atoms with Crippen molar-refractivity contribution in [3.05, 3.63) is 88.9 Å². The highest BCUT2D eigenvalue weighted by atomic mass is 19.1. The number of carbonyl (C=O) groups excluding carboxylic acids is 2. The van der Waals surface area contributed by atoms with Gasteiger partial charge in [0.25, 0.3) is 0 Å². The smallest absolute Gasteiger partial charge is 0.410 e. The highest BCUT2D eigenvalue weighted by Crippen LogP contribution is 2.42. The maximum atomic E-state index is 14.0. The number of pyridine rings is 1. The van der Waals surface area contributed by atoms with E-state index in [4.69, 9.17) is 14.5 Å². The third-order valence-corrected chi connectivity index (χ3v) is 8.49. The molecule has 1 fully saturated rings. The third-order valence-electron chi connectivity index (χ3n) is 8.49. The third kappa shape index (κ3) is 7.67. The lowest BCUT2D eigenvalue weighted by atomic mass is 9.91. The Morgan fingerprint density at radius 2 is 1.74 bits per heavy atom. The molecule has 5 rings (SSSR count). The van der Waals surface area contributed by atoms with Crippen LogP contribution in [0, 0.1) is 5.82 Å². The van der Waals surface area contributed by atoms with Crippen LogP contribution in [-0.4, -0.2) is 82.4 Å². The van der Waals surface area contributed by atoms with E-state index in [1.807, 2.05) is 69.0 Å². The van der Waals surface area contributed by atoms with Gasteiger partial charge in [0.2, 0.25) is 11.8 Å². The minimum absolute atomic E-state index is 0.0762. The molecule has 2 aliphatic rings. The van der Waals surface area contributed by atoms with E-state index in [1.165, 1.54) is 12.1 Å². The lowest BCUT2D eigenvalue weighted by Gasteiger charge is -2.44. The standard InChI is InChI=1S/C36H45FN4O5/c1-24-18-39(29(21-42)19-40(24)34(44)46-35(2,3)4)20-31(43)41-23-36(5,6)32-30(41)17-27(16-25-12-14-28(37)15-13-25)33(38-32)45-22-26-10-8-7-9-11-26/h7-15,17,24,29,42H,16,18-23H2,1-6H3/t24-,29-/m1/s1. The Hall–Kier alpha value is -4.02. The van der Waals surface area contributed by atoms with Gasteiger partial charge >= 0.3 is 6.09 Å². The van der Waals surface area contributed by atoms with E-state index in [9.17, 15) is 19.1 Å². The zero-order valence-corrected chi connectivity index (χ0v) is 27.6. The number of rotatable bonds is 8. The van der Waals surface area contributed by atoms with Crippen LogP contribution < -0.4 is 9.64 Å². The first-order valence-corrected chi connectivity index (χ1v) is 15.8. The van der Waals surface area contributed by atoms with Crippen molar-refractivity contribution >= 4 is 17.7 Å². The molecule has 2 atom stereocenters. The van der Waals surface area contributed by atoms with Crippen molar-refractivity contribution in [2.45, 2.75) is 77.7 Å². The SMILES string of the molecule is C[C@@H]1CN(CC(=O)N2CC(C)(C)c3nc(OCc4ccccc4)c(Cc4ccc(F)cc4)cc32)[C@@H](CO)CN1C(=O)OC(C)(C)C. The molecule has 2 aliphatic heterocycles. The van der Waals surface area contributed by atoms with E-state index in [0.29, 0.717) is 32.0 Å². The molecule has 46 heavy (non-hydrogen) atoms. The highest BCUT2D eigenvalue weighted by Gasteiger charge is 2.43. The number of fused-ring (bicyclic) bond motifs is 1. The number of amides is 2. The predicted octanol–water partition coefficient (Wildman–Crippen LogP) is 5.32. The zero-order valence-electron chi connectivity index (χ0n) is 27.6. The molecule has 0 spiro atoms. The number of carbonyl (C=O) groups is 2. The molecule has 1 aromatic heterocycles. The van der Waals surface area contributed by atoms with Crippen molar-refractivity contribution in [3.63, 3.8) is 0 Å². The lowest BCUT2D eigenvalue weighted by molar-refractivity contribution is -0.121. The molecule has 0 unspecified atom stereocenters. The Labute approximate surface area is 270 Å². The van der Waals surface area contributed by atoms with E-state index in [2.05, 4.69) is 13.8 Å². The predicted molar refractivity (Wildman–Crippen MR) is 174 cm³/mol. The van der Waals surface area contributed by atoms with Crippen LogP contribution in [0.25, 0.3) is 0 Å². The van der Waals surface area contributed by atoms with Gasteiger partial charge in [0.15, 0.2) is 0 Å². The van der Waals surface area contributed by atoms with Crippen molar-refractivity contribution < 1.29 is 28.6 Å². The topological polar surface area (TPSA) is 95.4 Å². The van der Waals surface area contributed by atoms with Crippen LogP contribution in [0.3, 0.4) is 0 Å². The van der Waals surface area contributed by atoms with Gasteiger partial charge < -0.3 is 24.4 Å². The van der Waals surface area contributed by atoms with Gasteiger partial charge in [0.05, 0.1) is 30.6 Å². The summed E-state index contributed by atoms with van der Waals surface area (Å²) in [6.45, 7) is 12.8. The fraction of sp³-hybridized carbons (Fsp3) is 0.472. The van der Waals surface area contributed by atoms with Gasteiger partial charge in [-0.3, -0.25) is 9.69 Å². The minimum Gasteiger partial charge on any atom is -0.473 e. The molecule has 0 radical (unpaired) electrons. The molecule has 2 amide bonds. The summed E-state index contributed by atoms with van der Waals surface area (Å²) >= 11 is 0. The summed E-state index contributed by atoms with van der Waals surface area (Å²) in [7, 11) is 0. The van der Waals surface area contributed by atoms with E-state index < -0.39 is 23.2 Å². The normalized spacial score (nSPS) is 19.6. The van der Waals surface area contributed by atoms with E-state index >= 15 is 0 Å². The minimum atomic E-state index is -0.634. The lowest BCUT2D eigenvalue weighted by Crippen LogP contribution is -2.62. The molecule has 3 aromatic rings. The molecule has 2 aromatic carbocycles. The fourth-order valence-corrected chi connectivity index (χ4v) is 6.12. The summed E-state index contributed by atoms with van der Waals surface area (Å²) in [5.41, 5.74) is 3.12. The van der Waals surface area contributed by atoms with Crippen molar-refractivity contribution in [3.8, 4) is 5.88 Å². The molecule has 246 valence electrons. The molecule has 0 aliphatic carbocycles. The van der Waals surface area contributed by atoms with Gasteiger partial charge in [-0.15, -0.1) is 0 Å². The quantitative estimate of drug-likeness (QED) is 0.359. The van der Waals surface area contributed by atoms with Crippen LogP contribution in [0.5, 0.6) is 5.88 Å². The van der Waals surface area contributed by atoms with Gasteiger partial charge in [0, 0.05) is 43.1 Å². The number of hydrogen-bond acceptors (Lipinski definition) is 7. The first-order valence-electron chi connectivity index (χ1n) is 15.8. The number of aliphatic hydroxyl groups is 1. The first kappa shape index (κ1) is 33.3. The average molecular weight is 633 g/mol. The zero-order chi connectivity index (χ0) is 33.2. The first-order chi connectivity index (χ1) is 21.7. The number of piperazine rings is 1.